The fraction of sp³-hybridized carbons (Fsp3) is 0.333. The third-order valence-corrected chi connectivity index (χ3v) is 3.59. The lowest BCUT2D eigenvalue weighted by Gasteiger charge is -2.04. The molecule has 14 heavy (non-hydrogen) atoms. The Hall–Kier alpha value is -0.860. The summed E-state index contributed by atoms with van der Waals surface area (Å²) in [4.78, 5) is 1.38. The minimum Gasteiger partial charge on any atom is -0.324 e. The second-order valence-electron chi connectivity index (χ2n) is 3.62. The van der Waals surface area contributed by atoms with Crippen molar-refractivity contribution in [2.45, 2.75) is 26.3 Å². The van der Waals surface area contributed by atoms with Crippen LogP contribution in [0.2, 0.25) is 0 Å². The normalized spacial score (nSPS) is 20.4. The molecule has 1 unspecified atom stereocenters. The van der Waals surface area contributed by atoms with Gasteiger partial charge in [0.15, 0.2) is 0 Å². The van der Waals surface area contributed by atoms with Crippen molar-refractivity contribution in [3.8, 4) is 0 Å². The lowest BCUT2D eigenvalue weighted by molar-refractivity contribution is 0.891. The van der Waals surface area contributed by atoms with E-state index >= 15 is 0 Å². The molecule has 0 saturated heterocycles. The van der Waals surface area contributed by atoms with Crippen LogP contribution in [0.1, 0.15) is 23.8 Å². The lowest BCUT2D eigenvalue weighted by atomic mass is 10.1. The van der Waals surface area contributed by atoms with Crippen molar-refractivity contribution in [3.63, 3.8) is 0 Å². The van der Waals surface area contributed by atoms with Crippen LogP contribution < -0.4 is 15.5 Å². The highest BCUT2D eigenvalue weighted by atomic mass is 32.1. The van der Waals surface area contributed by atoms with Crippen molar-refractivity contribution in [3.05, 3.63) is 26.3 Å². The van der Waals surface area contributed by atoms with Gasteiger partial charge in [-0.15, -0.1) is 11.3 Å². The average Bonchev–Trinajstić information content (AvgIpc) is 2.43. The largest absolute Gasteiger partial charge is 0.324 e. The average molecular weight is 205 g/mol. The predicted octanol–water partition coefficient (Wildman–Crippen LogP) is 1.38. The zero-order valence-corrected chi connectivity index (χ0v) is 9.40. The summed E-state index contributed by atoms with van der Waals surface area (Å²) in [5.41, 5.74) is 7.26. The molecule has 0 aliphatic heterocycles. The van der Waals surface area contributed by atoms with Crippen molar-refractivity contribution >= 4 is 29.6 Å². The molecule has 1 atom stereocenters. The number of nitrogens with two attached hydrogens (primary N) is 1. The van der Waals surface area contributed by atoms with Crippen LogP contribution in [-0.2, 0) is 0 Å². The zero-order chi connectivity index (χ0) is 10.1. The number of allylic oxidation sites excluding steroid dienone is 1. The van der Waals surface area contributed by atoms with Crippen LogP contribution >= 0.6 is 11.3 Å². The van der Waals surface area contributed by atoms with E-state index in [1.807, 2.05) is 11.3 Å². The highest BCUT2D eigenvalue weighted by Crippen LogP contribution is 2.10. The molecule has 1 aromatic heterocycles. The monoisotopic (exact) mass is 205 g/mol. The van der Waals surface area contributed by atoms with Crippen LogP contribution in [0.15, 0.2) is 6.08 Å². The van der Waals surface area contributed by atoms with E-state index in [2.05, 4.69) is 38.2 Å². The van der Waals surface area contributed by atoms with E-state index in [9.17, 15) is 0 Å². The molecule has 1 nitrogen and oxygen atoms in total. The van der Waals surface area contributed by atoms with Crippen LogP contribution in [0.3, 0.4) is 0 Å². The van der Waals surface area contributed by atoms with E-state index in [4.69, 9.17) is 5.73 Å². The van der Waals surface area contributed by atoms with Crippen molar-refractivity contribution in [2.75, 3.05) is 0 Å². The van der Waals surface area contributed by atoms with E-state index in [1.165, 1.54) is 20.2 Å². The van der Waals surface area contributed by atoms with Crippen LogP contribution in [0, 0.1) is 6.92 Å². The van der Waals surface area contributed by atoms with E-state index < -0.39 is 0 Å². The maximum Gasteiger partial charge on any atom is 0.0324 e. The highest BCUT2D eigenvalue weighted by molar-refractivity contribution is 7.10. The summed E-state index contributed by atoms with van der Waals surface area (Å²) >= 11 is 1.84. The first-order chi connectivity index (χ1) is 6.72. The van der Waals surface area contributed by atoms with Gasteiger partial charge in [0.1, 0.15) is 0 Å². The van der Waals surface area contributed by atoms with Crippen molar-refractivity contribution < 1.29 is 0 Å². The fourth-order valence-corrected chi connectivity index (χ4v) is 2.99. The maximum absolute atomic E-state index is 5.88. The van der Waals surface area contributed by atoms with E-state index in [0.29, 0.717) is 0 Å². The van der Waals surface area contributed by atoms with Gasteiger partial charge in [0.05, 0.1) is 0 Å². The smallest absolute Gasteiger partial charge is 0.0324 e. The quantitative estimate of drug-likeness (QED) is 0.736. The van der Waals surface area contributed by atoms with Crippen LogP contribution in [0.4, 0.5) is 0 Å². The number of hydrogen-bond acceptors (Lipinski definition) is 2. The minimum atomic E-state index is 0.207. The van der Waals surface area contributed by atoms with Gasteiger partial charge >= 0.3 is 0 Å². The van der Waals surface area contributed by atoms with E-state index in [1.54, 1.807) is 0 Å². The third-order valence-electron chi connectivity index (χ3n) is 2.49. The van der Waals surface area contributed by atoms with Crippen LogP contribution in [0.25, 0.3) is 18.2 Å². The fourth-order valence-electron chi connectivity index (χ4n) is 1.82. The molecule has 0 aromatic carbocycles. The molecular formula is C12H15NS. The van der Waals surface area contributed by atoms with Gasteiger partial charge in [-0.3, -0.25) is 0 Å². The lowest BCUT2D eigenvalue weighted by Crippen LogP contribution is -2.31. The zero-order valence-electron chi connectivity index (χ0n) is 8.58. The molecule has 2 N–H and O–H groups in total. The Morgan fingerprint density at radius 2 is 2.36 bits per heavy atom. The van der Waals surface area contributed by atoms with Crippen molar-refractivity contribution in [1.82, 2.24) is 0 Å². The number of aryl methyl sites for hydroxylation is 1. The number of thiophene rings is 1. The van der Waals surface area contributed by atoms with Gasteiger partial charge in [-0.05, 0) is 37.1 Å². The Labute approximate surface area is 88.3 Å². The molecule has 1 aliphatic rings. The summed E-state index contributed by atoms with van der Waals surface area (Å²) in [5, 5.41) is 1.38. The SMILES string of the molecule is C/C=C\c1c(C)sc2c1=CCC(N)C=2. The Morgan fingerprint density at radius 3 is 3.07 bits per heavy atom. The molecule has 1 aliphatic carbocycles. The number of fused-ring (bicyclic) bond motifs is 1. The number of hydrogen-bond donors (Lipinski definition) is 1. The molecule has 0 radical (unpaired) electrons. The Balaban J connectivity index is 2.72. The summed E-state index contributed by atoms with van der Waals surface area (Å²) in [6.07, 6.45) is 9.69. The molecule has 1 heterocycles. The molecular weight excluding hydrogens is 190 g/mol. The summed E-state index contributed by atoms with van der Waals surface area (Å²) in [6, 6.07) is 0.207. The Bertz CT molecular complexity index is 479. The summed E-state index contributed by atoms with van der Waals surface area (Å²) in [6.45, 7) is 4.23. The van der Waals surface area contributed by atoms with Gasteiger partial charge < -0.3 is 5.73 Å². The standard InChI is InChI=1S/C12H15NS/c1-3-4-10-8(2)14-12-7-9(13)5-6-11(10)12/h3-4,6-7,9H,5,13H2,1-2H3/b4-3-. The summed E-state index contributed by atoms with van der Waals surface area (Å²) < 4.78 is 1.34. The predicted molar refractivity (Wildman–Crippen MR) is 64.5 cm³/mol. The van der Waals surface area contributed by atoms with Gasteiger partial charge in [0.2, 0.25) is 0 Å². The van der Waals surface area contributed by atoms with Gasteiger partial charge in [-0.2, -0.15) is 0 Å². The molecule has 0 spiro atoms. The summed E-state index contributed by atoms with van der Waals surface area (Å²) in [7, 11) is 0. The topological polar surface area (TPSA) is 26.0 Å². The molecule has 0 bridgehead atoms. The van der Waals surface area contributed by atoms with Gasteiger partial charge in [-0.25, -0.2) is 0 Å². The van der Waals surface area contributed by atoms with Crippen LogP contribution in [0.5, 0.6) is 0 Å². The summed E-state index contributed by atoms with van der Waals surface area (Å²) in [5.74, 6) is 0. The van der Waals surface area contributed by atoms with Gasteiger partial charge in [0, 0.05) is 15.5 Å². The maximum atomic E-state index is 5.88. The minimum absolute atomic E-state index is 0.207. The second-order valence-corrected chi connectivity index (χ2v) is 4.88. The molecule has 74 valence electrons. The first kappa shape index (κ1) is 9.69. The highest BCUT2D eigenvalue weighted by Gasteiger charge is 2.08. The van der Waals surface area contributed by atoms with E-state index in [0.717, 1.165) is 6.42 Å². The second kappa shape index (κ2) is 3.71. The van der Waals surface area contributed by atoms with Crippen LogP contribution in [-0.4, -0.2) is 6.04 Å². The van der Waals surface area contributed by atoms with E-state index in [-0.39, 0.29) is 6.04 Å². The van der Waals surface area contributed by atoms with Gasteiger partial charge in [0.25, 0.3) is 0 Å². The molecule has 2 rings (SSSR count). The molecule has 2 heteroatoms. The molecule has 1 aromatic rings. The Kier molecular flexibility index (Phi) is 2.57. The Morgan fingerprint density at radius 1 is 1.57 bits per heavy atom. The molecule has 0 amide bonds. The first-order valence-corrected chi connectivity index (χ1v) is 5.73. The first-order valence-electron chi connectivity index (χ1n) is 4.92. The van der Waals surface area contributed by atoms with Crippen molar-refractivity contribution in [1.29, 1.82) is 0 Å². The molecule has 0 fully saturated rings. The molecule has 0 saturated carbocycles. The van der Waals surface area contributed by atoms with Crippen molar-refractivity contribution in [2.24, 2.45) is 5.73 Å². The third kappa shape index (κ3) is 1.56. The number of rotatable bonds is 1. The van der Waals surface area contributed by atoms with Gasteiger partial charge in [-0.1, -0.05) is 18.2 Å².